The van der Waals surface area contributed by atoms with Crippen molar-refractivity contribution in [3.8, 4) is 0 Å². The van der Waals surface area contributed by atoms with Crippen molar-refractivity contribution >= 4 is 10.1 Å². The van der Waals surface area contributed by atoms with Crippen LogP contribution in [0.4, 0.5) is 0 Å². The van der Waals surface area contributed by atoms with E-state index < -0.39 is 10.1 Å². The van der Waals surface area contributed by atoms with E-state index in [0.717, 1.165) is 19.1 Å². The molecule has 1 saturated carbocycles. The standard InChI is InChI=1S/C7H14O4S/c1-12(8,9)11-6-2-5-10-7-3-4-7/h7H,2-6H2,1H3. The summed E-state index contributed by atoms with van der Waals surface area (Å²) >= 11 is 0. The average molecular weight is 194 g/mol. The zero-order chi connectivity index (χ0) is 9.03. The molecular formula is C7H14O4S. The lowest BCUT2D eigenvalue weighted by molar-refractivity contribution is 0.107. The molecule has 0 amide bonds. The van der Waals surface area contributed by atoms with Crippen LogP contribution in [0.1, 0.15) is 19.3 Å². The average Bonchev–Trinajstić information content (AvgIpc) is 2.68. The molecule has 0 N–H and O–H groups in total. The van der Waals surface area contributed by atoms with Crippen LogP contribution in [0.15, 0.2) is 0 Å². The van der Waals surface area contributed by atoms with Crippen molar-refractivity contribution in [2.75, 3.05) is 19.5 Å². The Morgan fingerprint density at radius 1 is 1.33 bits per heavy atom. The fraction of sp³-hybridized carbons (Fsp3) is 1.00. The lowest BCUT2D eigenvalue weighted by Crippen LogP contribution is -2.07. The summed E-state index contributed by atoms with van der Waals surface area (Å²) in [6, 6.07) is 0. The fourth-order valence-electron chi connectivity index (χ4n) is 0.754. The van der Waals surface area contributed by atoms with Crippen molar-refractivity contribution in [2.24, 2.45) is 0 Å². The monoisotopic (exact) mass is 194 g/mol. The van der Waals surface area contributed by atoms with Gasteiger partial charge in [-0.1, -0.05) is 0 Å². The van der Waals surface area contributed by atoms with Crippen LogP contribution in [0, 0.1) is 0 Å². The highest BCUT2D eigenvalue weighted by atomic mass is 32.2. The van der Waals surface area contributed by atoms with E-state index in [2.05, 4.69) is 4.18 Å². The third-order valence-electron chi connectivity index (χ3n) is 1.46. The maximum Gasteiger partial charge on any atom is 0.264 e. The molecule has 1 aliphatic rings. The molecule has 1 fully saturated rings. The normalized spacial score (nSPS) is 18.1. The summed E-state index contributed by atoms with van der Waals surface area (Å²) in [5.41, 5.74) is 0. The Labute approximate surface area is 73.0 Å². The molecule has 5 heteroatoms. The molecule has 0 aromatic rings. The first-order chi connectivity index (χ1) is 5.58. The second-order valence-electron chi connectivity index (χ2n) is 2.95. The number of hydrogen-bond acceptors (Lipinski definition) is 4. The molecule has 0 bridgehead atoms. The zero-order valence-corrected chi connectivity index (χ0v) is 7.97. The summed E-state index contributed by atoms with van der Waals surface area (Å²) in [5.74, 6) is 0. The summed E-state index contributed by atoms with van der Waals surface area (Å²) in [6.07, 6.45) is 4.42. The molecule has 0 aromatic heterocycles. The Hall–Kier alpha value is -0.130. The van der Waals surface area contributed by atoms with Gasteiger partial charge in [-0.25, -0.2) is 0 Å². The summed E-state index contributed by atoms with van der Waals surface area (Å²) in [7, 11) is -3.26. The third-order valence-corrected chi connectivity index (χ3v) is 2.06. The Morgan fingerprint density at radius 3 is 2.50 bits per heavy atom. The van der Waals surface area contributed by atoms with E-state index in [0.29, 0.717) is 19.1 Å². The van der Waals surface area contributed by atoms with Crippen molar-refractivity contribution in [3.05, 3.63) is 0 Å². The van der Waals surface area contributed by atoms with Gasteiger partial charge in [0.05, 0.1) is 19.0 Å². The minimum Gasteiger partial charge on any atom is -0.378 e. The lowest BCUT2D eigenvalue weighted by atomic mass is 10.5. The van der Waals surface area contributed by atoms with Gasteiger partial charge in [-0.3, -0.25) is 4.18 Å². The van der Waals surface area contributed by atoms with Crippen LogP contribution < -0.4 is 0 Å². The van der Waals surface area contributed by atoms with E-state index in [1.54, 1.807) is 0 Å². The van der Waals surface area contributed by atoms with Crippen LogP contribution in [0.3, 0.4) is 0 Å². The van der Waals surface area contributed by atoms with Crippen LogP contribution in [0.5, 0.6) is 0 Å². The minimum atomic E-state index is -3.26. The molecule has 0 atom stereocenters. The molecule has 12 heavy (non-hydrogen) atoms. The van der Waals surface area contributed by atoms with Crippen molar-refractivity contribution in [2.45, 2.75) is 25.4 Å². The number of hydrogen-bond donors (Lipinski definition) is 0. The number of ether oxygens (including phenoxy) is 1. The van der Waals surface area contributed by atoms with E-state index in [4.69, 9.17) is 4.74 Å². The molecule has 1 aliphatic carbocycles. The lowest BCUT2D eigenvalue weighted by Gasteiger charge is -2.01. The predicted molar refractivity (Wildman–Crippen MR) is 44.4 cm³/mol. The first kappa shape index (κ1) is 9.95. The van der Waals surface area contributed by atoms with Crippen LogP contribution in [0.2, 0.25) is 0 Å². The van der Waals surface area contributed by atoms with Gasteiger partial charge in [0.2, 0.25) is 0 Å². The van der Waals surface area contributed by atoms with Crippen molar-refractivity contribution < 1.29 is 17.3 Å². The summed E-state index contributed by atoms with van der Waals surface area (Å²) in [6.45, 7) is 0.825. The van der Waals surface area contributed by atoms with Gasteiger partial charge in [0, 0.05) is 6.61 Å². The first-order valence-electron chi connectivity index (χ1n) is 4.04. The van der Waals surface area contributed by atoms with Gasteiger partial charge in [0.1, 0.15) is 0 Å². The molecule has 0 radical (unpaired) electrons. The van der Waals surface area contributed by atoms with Gasteiger partial charge < -0.3 is 4.74 Å². The van der Waals surface area contributed by atoms with Gasteiger partial charge in [-0.05, 0) is 19.3 Å². The fourth-order valence-corrected chi connectivity index (χ4v) is 1.17. The molecule has 0 aromatic carbocycles. The Bertz CT molecular complexity index is 218. The van der Waals surface area contributed by atoms with E-state index in [1.807, 2.05) is 0 Å². The minimum absolute atomic E-state index is 0.228. The number of rotatable bonds is 6. The molecule has 1 rings (SSSR count). The highest BCUT2D eigenvalue weighted by Gasteiger charge is 2.21. The summed E-state index contributed by atoms with van der Waals surface area (Å²) in [5, 5.41) is 0. The molecule has 0 saturated heterocycles. The third kappa shape index (κ3) is 5.51. The Balaban J connectivity index is 1.88. The van der Waals surface area contributed by atoms with Gasteiger partial charge in [0.25, 0.3) is 10.1 Å². The highest BCUT2D eigenvalue weighted by Crippen LogP contribution is 2.23. The van der Waals surface area contributed by atoms with E-state index in [-0.39, 0.29) is 6.61 Å². The zero-order valence-electron chi connectivity index (χ0n) is 7.15. The van der Waals surface area contributed by atoms with Crippen molar-refractivity contribution in [3.63, 3.8) is 0 Å². The van der Waals surface area contributed by atoms with Crippen LogP contribution in [-0.2, 0) is 19.0 Å². The van der Waals surface area contributed by atoms with Crippen LogP contribution in [0.25, 0.3) is 0 Å². The quantitative estimate of drug-likeness (QED) is 0.457. The molecule has 0 unspecified atom stereocenters. The maximum absolute atomic E-state index is 10.5. The van der Waals surface area contributed by atoms with Crippen molar-refractivity contribution in [1.29, 1.82) is 0 Å². The van der Waals surface area contributed by atoms with E-state index in [9.17, 15) is 8.42 Å². The Morgan fingerprint density at radius 2 is 2.00 bits per heavy atom. The summed E-state index contributed by atoms with van der Waals surface area (Å²) in [4.78, 5) is 0. The molecule has 0 aliphatic heterocycles. The highest BCUT2D eigenvalue weighted by molar-refractivity contribution is 7.85. The van der Waals surface area contributed by atoms with Gasteiger partial charge in [-0.15, -0.1) is 0 Å². The van der Waals surface area contributed by atoms with E-state index >= 15 is 0 Å². The van der Waals surface area contributed by atoms with Gasteiger partial charge in [-0.2, -0.15) is 8.42 Å². The van der Waals surface area contributed by atoms with Crippen molar-refractivity contribution in [1.82, 2.24) is 0 Å². The van der Waals surface area contributed by atoms with Gasteiger partial charge >= 0.3 is 0 Å². The van der Waals surface area contributed by atoms with E-state index in [1.165, 1.54) is 0 Å². The molecule has 72 valence electrons. The van der Waals surface area contributed by atoms with Crippen LogP contribution >= 0.6 is 0 Å². The molecular weight excluding hydrogens is 180 g/mol. The molecule has 0 heterocycles. The largest absolute Gasteiger partial charge is 0.378 e. The second-order valence-corrected chi connectivity index (χ2v) is 4.59. The van der Waals surface area contributed by atoms with Crippen LogP contribution in [-0.4, -0.2) is 34.0 Å². The summed E-state index contributed by atoms with van der Waals surface area (Å²) < 4.78 is 30.8. The first-order valence-corrected chi connectivity index (χ1v) is 5.85. The molecule has 0 spiro atoms. The Kier molecular flexibility index (Phi) is 3.49. The smallest absolute Gasteiger partial charge is 0.264 e. The van der Waals surface area contributed by atoms with Gasteiger partial charge in [0.15, 0.2) is 0 Å². The SMILES string of the molecule is CS(=O)(=O)OCCCOC1CC1. The topological polar surface area (TPSA) is 52.6 Å². The predicted octanol–water partition coefficient (Wildman–Crippen LogP) is 0.532. The maximum atomic E-state index is 10.5. The molecule has 4 nitrogen and oxygen atoms in total. The second kappa shape index (κ2) is 4.20.